The second-order valence-electron chi connectivity index (χ2n) is 4.11. The first-order valence-electron chi connectivity index (χ1n) is 6.00. The van der Waals surface area contributed by atoms with Crippen LogP contribution in [0.5, 0.6) is 5.88 Å². The zero-order chi connectivity index (χ0) is 15.4. The summed E-state index contributed by atoms with van der Waals surface area (Å²) in [4.78, 5) is 18.1. The van der Waals surface area contributed by atoms with Gasteiger partial charge in [0.25, 0.3) is 5.56 Å². The summed E-state index contributed by atoms with van der Waals surface area (Å²) in [7, 11) is 0. The molecule has 5 nitrogen and oxygen atoms in total. The van der Waals surface area contributed by atoms with Gasteiger partial charge in [-0.3, -0.25) is 19.3 Å². The number of halogens is 1. The van der Waals surface area contributed by atoms with Crippen molar-refractivity contribution >= 4 is 24.1 Å². The third kappa shape index (κ3) is 3.14. The van der Waals surface area contributed by atoms with Crippen LogP contribution in [-0.2, 0) is 6.54 Å². The van der Waals surface area contributed by atoms with Gasteiger partial charge in [0.1, 0.15) is 11.4 Å². The monoisotopic (exact) mass is 305 g/mol. The van der Waals surface area contributed by atoms with E-state index in [0.29, 0.717) is 0 Å². The Kier molecular flexibility index (Phi) is 4.44. The van der Waals surface area contributed by atoms with Gasteiger partial charge in [0, 0.05) is 12.8 Å². The van der Waals surface area contributed by atoms with Gasteiger partial charge >= 0.3 is 0 Å². The van der Waals surface area contributed by atoms with Crippen LogP contribution in [0.25, 0.3) is 0 Å². The molecule has 1 aromatic heterocycles. The van der Waals surface area contributed by atoms with Gasteiger partial charge in [0.15, 0.2) is 4.77 Å². The third-order valence-corrected chi connectivity index (χ3v) is 3.03. The van der Waals surface area contributed by atoms with Crippen molar-refractivity contribution in [1.29, 1.82) is 0 Å². The average molecular weight is 305 g/mol. The summed E-state index contributed by atoms with van der Waals surface area (Å²) in [5, 5.41) is 10.1. The molecule has 0 atom stereocenters. The maximum absolute atomic E-state index is 13.5. The van der Waals surface area contributed by atoms with Gasteiger partial charge < -0.3 is 5.11 Å². The highest BCUT2D eigenvalue weighted by Crippen LogP contribution is 2.17. The Morgan fingerprint density at radius 1 is 1.48 bits per heavy atom. The van der Waals surface area contributed by atoms with Gasteiger partial charge in [-0.15, -0.1) is 6.58 Å². The maximum atomic E-state index is 13.5. The molecule has 0 amide bonds. The molecule has 0 aliphatic rings. The van der Waals surface area contributed by atoms with E-state index in [9.17, 15) is 14.3 Å². The molecule has 0 bridgehead atoms. The number of H-pyrrole nitrogens is 1. The number of aliphatic imine (C=N–C) groups is 1. The highest BCUT2D eigenvalue weighted by atomic mass is 32.1. The lowest BCUT2D eigenvalue weighted by Gasteiger charge is -2.08. The number of aromatic nitrogens is 2. The van der Waals surface area contributed by atoms with E-state index in [1.165, 1.54) is 28.8 Å². The van der Waals surface area contributed by atoms with Crippen molar-refractivity contribution in [1.82, 2.24) is 9.55 Å². The van der Waals surface area contributed by atoms with Crippen molar-refractivity contribution in [2.45, 2.75) is 6.54 Å². The topological polar surface area (TPSA) is 70.4 Å². The molecule has 0 aliphatic heterocycles. The average Bonchev–Trinajstić information content (AvgIpc) is 2.45. The van der Waals surface area contributed by atoms with E-state index >= 15 is 0 Å². The molecular formula is C14H12FN3O2S. The molecule has 108 valence electrons. The summed E-state index contributed by atoms with van der Waals surface area (Å²) in [5.74, 6) is -0.868. The first-order valence-corrected chi connectivity index (χ1v) is 6.41. The highest BCUT2D eigenvalue weighted by molar-refractivity contribution is 7.71. The number of hydrogen-bond donors (Lipinski definition) is 2. The number of aromatic hydroxyl groups is 1. The van der Waals surface area contributed by atoms with Gasteiger partial charge in [-0.2, -0.15) is 0 Å². The minimum absolute atomic E-state index is 0.0639. The fraction of sp³-hybridized carbons (Fsp3) is 0.0714. The number of nitrogens with one attached hydrogen (secondary N) is 1. The molecule has 0 saturated carbocycles. The molecule has 0 radical (unpaired) electrons. The van der Waals surface area contributed by atoms with E-state index in [2.05, 4.69) is 16.6 Å². The van der Waals surface area contributed by atoms with Gasteiger partial charge in [0.2, 0.25) is 5.88 Å². The summed E-state index contributed by atoms with van der Waals surface area (Å²) in [6.07, 6.45) is 2.62. The van der Waals surface area contributed by atoms with Crippen LogP contribution >= 0.6 is 12.2 Å². The van der Waals surface area contributed by atoms with Crippen molar-refractivity contribution in [3.8, 4) is 5.88 Å². The molecular weight excluding hydrogens is 293 g/mol. The van der Waals surface area contributed by atoms with Crippen molar-refractivity contribution in [3.05, 3.63) is 63.4 Å². The minimum atomic E-state index is -0.599. The second-order valence-corrected chi connectivity index (χ2v) is 4.49. The number of benzene rings is 1. The normalized spacial score (nSPS) is 10.9. The lowest BCUT2D eigenvalue weighted by atomic mass is 10.3. The molecule has 0 unspecified atom stereocenters. The predicted octanol–water partition coefficient (Wildman–Crippen LogP) is 2.69. The molecule has 7 heteroatoms. The SMILES string of the molecule is C=CCn1c(O)c(C=Nc2ccccc2F)c(=O)[nH]c1=S. The Bertz CT molecular complexity index is 824. The van der Waals surface area contributed by atoms with Crippen LogP contribution in [0.4, 0.5) is 10.1 Å². The zero-order valence-electron chi connectivity index (χ0n) is 10.9. The van der Waals surface area contributed by atoms with Gasteiger partial charge in [-0.05, 0) is 24.4 Å². The van der Waals surface area contributed by atoms with Gasteiger partial charge in [-0.1, -0.05) is 18.2 Å². The zero-order valence-corrected chi connectivity index (χ0v) is 11.7. The van der Waals surface area contributed by atoms with Crippen molar-refractivity contribution in [2.75, 3.05) is 0 Å². The standard InChI is InChI=1S/C14H12FN3O2S/c1-2-7-18-13(20)9(12(19)17-14(18)21)8-16-11-6-4-3-5-10(11)15/h2-6,8,20H,1,7H2,(H,17,19,21). The molecule has 0 spiro atoms. The largest absolute Gasteiger partial charge is 0.494 e. The molecule has 2 N–H and O–H groups in total. The van der Waals surface area contributed by atoms with Crippen molar-refractivity contribution in [2.24, 2.45) is 4.99 Å². The summed E-state index contributed by atoms with van der Waals surface area (Å²) in [5.41, 5.74) is -0.638. The third-order valence-electron chi connectivity index (χ3n) is 2.70. The Balaban J connectivity index is 2.52. The quantitative estimate of drug-likeness (QED) is 0.518. The molecule has 1 heterocycles. The van der Waals surface area contributed by atoms with Crippen LogP contribution in [0.1, 0.15) is 5.56 Å². The van der Waals surface area contributed by atoms with E-state index in [-0.39, 0.29) is 28.4 Å². The fourth-order valence-corrected chi connectivity index (χ4v) is 1.93. The minimum Gasteiger partial charge on any atom is -0.494 e. The molecule has 2 aromatic rings. The molecule has 2 rings (SSSR count). The lowest BCUT2D eigenvalue weighted by Crippen LogP contribution is -2.18. The van der Waals surface area contributed by atoms with E-state index in [1.807, 2.05) is 0 Å². The van der Waals surface area contributed by atoms with E-state index < -0.39 is 11.4 Å². The first-order chi connectivity index (χ1) is 10.0. The van der Waals surface area contributed by atoms with Crippen LogP contribution in [0.15, 0.2) is 46.7 Å². The smallest absolute Gasteiger partial charge is 0.264 e. The molecule has 21 heavy (non-hydrogen) atoms. The maximum Gasteiger partial charge on any atom is 0.264 e. The number of aromatic amines is 1. The van der Waals surface area contributed by atoms with E-state index in [0.717, 1.165) is 6.21 Å². The Hall–Kier alpha value is -2.54. The summed E-state index contributed by atoms with van der Waals surface area (Å²) >= 11 is 4.95. The Morgan fingerprint density at radius 2 is 2.19 bits per heavy atom. The number of allylic oxidation sites excluding steroid dienone is 1. The van der Waals surface area contributed by atoms with Crippen LogP contribution in [-0.4, -0.2) is 20.9 Å². The van der Waals surface area contributed by atoms with Gasteiger partial charge in [0.05, 0.1) is 5.69 Å². The number of rotatable bonds is 4. The van der Waals surface area contributed by atoms with Crippen LogP contribution < -0.4 is 5.56 Å². The van der Waals surface area contributed by atoms with E-state index in [1.54, 1.807) is 6.07 Å². The number of nitrogens with zero attached hydrogens (tertiary/aromatic N) is 2. The predicted molar refractivity (Wildman–Crippen MR) is 81.4 cm³/mol. The van der Waals surface area contributed by atoms with Crippen LogP contribution in [0, 0.1) is 10.6 Å². The second kappa shape index (κ2) is 6.27. The van der Waals surface area contributed by atoms with Crippen LogP contribution in [0.2, 0.25) is 0 Å². The molecule has 1 aromatic carbocycles. The number of para-hydroxylation sites is 1. The Morgan fingerprint density at radius 3 is 2.86 bits per heavy atom. The highest BCUT2D eigenvalue weighted by Gasteiger charge is 2.10. The van der Waals surface area contributed by atoms with E-state index in [4.69, 9.17) is 12.2 Å². The Labute approximate surface area is 124 Å². The fourth-order valence-electron chi connectivity index (χ4n) is 1.68. The summed E-state index contributed by atoms with van der Waals surface area (Å²) in [6.45, 7) is 3.77. The number of hydrogen-bond acceptors (Lipinski definition) is 4. The van der Waals surface area contributed by atoms with Crippen molar-refractivity contribution < 1.29 is 9.50 Å². The molecule has 0 saturated heterocycles. The summed E-state index contributed by atoms with van der Waals surface area (Å²) < 4.78 is 14.8. The lowest BCUT2D eigenvalue weighted by molar-refractivity contribution is 0.413. The van der Waals surface area contributed by atoms with Crippen LogP contribution in [0.3, 0.4) is 0 Å². The molecule has 0 aliphatic carbocycles. The van der Waals surface area contributed by atoms with Crippen molar-refractivity contribution in [3.63, 3.8) is 0 Å². The van der Waals surface area contributed by atoms with Gasteiger partial charge in [-0.25, -0.2) is 4.39 Å². The first kappa shape index (κ1) is 14.9. The summed E-state index contributed by atoms with van der Waals surface area (Å²) in [6, 6.07) is 5.85. The molecule has 0 fully saturated rings.